The summed E-state index contributed by atoms with van der Waals surface area (Å²) in [4.78, 5) is 25.0. The van der Waals surface area contributed by atoms with Crippen LogP contribution in [0.25, 0.3) is 0 Å². The molecule has 0 aliphatic carbocycles. The number of amides is 2. The fourth-order valence-corrected chi connectivity index (χ4v) is 1.80. The molecular formula is C16H25N3O2. The van der Waals surface area contributed by atoms with Crippen LogP contribution in [-0.4, -0.2) is 29.8 Å². The molecule has 116 valence electrons. The summed E-state index contributed by atoms with van der Waals surface area (Å²) >= 11 is 0. The molecule has 0 radical (unpaired) electrons. The second-order valence-corrected chi connectivity index (χ2v) is 5.69. The molecule has 5 nitrogen and oxygen atoms in total. The van der Waals surface area contributed by atoms with E-state index in [1.807, 2.05) is 38.1 Å². The summed E-state index contributed by atoms with van der Waals surface area (Å²) in [7, 11) is 1.73. The van der Waals surface area contributed by atoms with E-state index in [4.69, 9.17) is 5.73 Å². The molecule has 2 amide bonds. The molecular weight excluding hydrogens is 266 g/mol. The minimum absolute atomic E-state index is 0.0158. The largest absolute Gasteiger partial charge is 0.342 e. The van der Waals surface area contributed by atoms with Gasteiger partial charge in [-0.1, -0.05) is 32.0 Å². The van der Waals surface area contributed by atoms with E-state index < -0.39 is 0 Å². The van der Waals surface area contributed by atoms with Crippen molar-refractivity contribution < 1.29 is 9.59 Å². The summed E-state index contributed by atoms with van der Waals surface area (Å²) in [5.41, 5.74) is 7.55. The van der Waals surface area contributed by atoms with Crippen LogP contribution < -0.4 is 11.1 Å². The van der Waals surface area contributed by atoms with Crippen LogP contribution in [0.2, 0.25) is 0 Å². The van der Waals surface area contributed by atoms with E-state index >= 15 is 0 Å². The van der Waals surface area contributed by atoms with E-state index in [0.29, 0.717) is 6.54 Å². The zero-order valence-electron chi connectivity index (χ0n) is 13.2. The Hall–Kier alpha value is -1.88. The molecule has 1 atom stereocenters. The van der Waals surface area contributed by atoms with Crippen LogP contribution in [0.1, 0.15) is 32.8 Å². The van der Waals surface area contributed by atoms with E-state index in [2.05, 4.69) is 5.32 Å². The number of hydrogen-bond acceptors (Lipinski definition) is 3. The standard InChI is InChI=1S/C16H25N3O2/c1-11(2)14(17)9-16(21)18-15-8-6-5-7-13(15)10-19(4)12(3)20/h5-8,11,14H,9-10,17H2,1-4H3,(H,18,21). The number of carbonyl (C=O) groups excluding carboxylic acids is 2. The average molecular weight is 291 g/mol. The third-order valence-electron chi connectivity index (χ3n) is 3.51. The Kier molecular flexibility index (Phi) is 6.37. The highest BCUT2D eigenvalue weighted by molar-refractivity contribution is 5.92. The van der Waals surface area contributed by atoms with Crippen molar-refractivity contribution in [2.75, 3.05) is 12.4 Å². The van der Waals surface area contributed by atoms with E-state index in [1.165, 1.54) is 6.92 Å². The number of rotatable bonds is 6. The monoisotopic (exact) mass is 291 g/mol. The number of nitrogens with two attached hydrogens (primary N) is 1. The highest BCUT2D eigenvalue weighted by atomic mass is 16.2. The molecule has 21 heavy (non-hydrogen) atoms. The van der Waals surface area contributed by atoms with Crippen molar-refractivity contribution in [1.29, 1.82) is 0 Å². The molecule has 5 heteroatoms. The maximum absolute atomic E-state index is 12.0. The maximum Gasteiger partial charge on any atom is 0.225 e. The number of para-hydroxylation sites is 1. The van der Waals surface area contributed by atoms with Crippen LogP contribution in [0.4, 0.5) is 5.69 Å². The normalized spacial score (nSPS) is 12.1. The van der Waals surface area contributed by atoms with Gasteiger partial charge in [-0.2, -0.15) is 0 Å². The van der Waals surface area contributed by atoms with Crippen LogP contribution in [0.3, 0.4) is 0 Å². The van der Waals surface area contributed by atoms with Crippen LogP contribution in [0.5, 0.6) is 0 Å². The molecule has 1 unspecified atom stereocenters. The first-order valence-electron chi connectivity index (χ1n) is 7.16. The lowest BCUT2D eigenvalue weighted by atomic mass is 10.0. The summed E-state index contributed by atoms with van der Waals surface area (Å²) in [5, 5.41) is 2.88. The number of nitrogens with zero attached hydrogens (tertiary/aromatic N) is 1. The first-order chi connectivity index (χ1) is 9.81. The van der Waals surface area contributed by atoms with Crippen molar-refractivity contribution in [1.82, 2.24) is 4.90 Å². The Morgan fingerprint density at radius 1 is 1.29 bits per heavy atom. The zero-order valence-corrected chi connectivity index (χ0v) is 13.2. The van der Waals surface area contributed by atoms with Gasteiger partial charge < -0.3 is 16.0 Å². The van der Waals surface area contributed by atoms with Gasteiger partial charge in [0.25, 0.3) is 0 Å². The highest BCUT2D eigenvalue weighted by Gasteiger charge is 2.14. The Morgan fingerprint density at radius 2 is 1.90 bits per heavy atom. The molecule has 3 N–H and O–H groups in total. The van der Waals surface area contributed by atoms with Crippen molar-refractivity contribution in [2.24, 2.45) is 11.7 Å². The summed E-state index contributed by atoms with van der Waals surface area (Å²) in [6, 6.07) is 7.32. The van der Waals surface area contributed by atoms with E-state index in [1.54, 1.807) is 11.9 Å². The second-order valence-electron chi connectivity index (χ2n) is 5.69. The first kappa shape index (κ1) is 17.2. The average Bonchev–Trinajstić information content (AvgIpc) is 2.40. The highest BCUT2D eigenvalue weighted by Crippen LogP contribution is 2.17. The van der Waals surface area contributed by atoms with Crippen LogP contribution in [0, 0.1) is 5.92 Å². The van der Waals surface area contributed by atoms with Crippen LogP contribution >= 0.6 is 0 Å². The quantitative estimate of drug-likeness (QED) is 0.841. The summed E-state index contributed by atoms with van der Waals surface area (Å²) in [6.07, 6.45) is 0.286. The Bertz CT molecular complexity index is 500. The Morgan fingerprint density at radius 3 is 2.48 bits per heavy atom. The predicted molar refractivity (Wildman–Crippen MR) is 84.7 cm³/mol. The van der Waals surface area contributed by atoms with Crippen molar-refractivity contribution in [2.45, 2.75) is 39.8 Å². The van der Waals surface area contributed by atoms with Gasteiger partial charge in [-0.15, -0.1) is 0 Å². The van der Waals surface area contributed by atoms with Gasteiger partial charge in [0.1, 0.15) is 0 Å². The van der Waals surface area contributed by atoms with Gasteiger partial charge in [-0.05, 0) is 17.5 Å². The van der Waals surface area contributed by atoms with E-state index in [9.17, 15) is 9.59 Å². The predicted octanol–water partition coefficient (Wildman–Crippen LogP) is 1.98. The molecule has 0 fully saturated rings. The summed E-state index contributed by atoms with van der Waals surface area (Å²) in [5.74, 6) is 0.141. The third kappa shape index (κ3) is 5.55. The number of anilines is 1. The van der Waals surface area contributed by atoms with Crippen LogP contribution in [-0.2, 0) is 16.1 Å². The smallest absolute Gasteiger partial charge is 0.225 e. The number of hydrogen-bond donors (Lipinski definition) is 2. The van der Waals surface area contributed by atoms with Crippen molar-refractivity contribution in [3.8, 4) is 0 Å². The molecule has 1 rings (SSSR count). The summed E-state index contributed by atoms with van der Waals surface area (Å²) < 4.78 is 0. The zero-order chi connectivity index (χ0) is 16.0. The molecule has 1 aromatic rings. The van der Waals surface area contributed by atoms with Gasteiger partial charge >= 0.3 is 0 Å². The van der Waals surface area contributed by atoms with Crippen LogP contribution in [0.15, 0.2) is 24.3 Å². The lowest BCUT2D eigenvalue weighted by Crippen LogP contribution is -2.32. The molecule has 0 aliphatic heterocycles. The molecule has 0 aliphatic rings. The lowest BCUT2D eigenvalue weighted by molar-refractivity contribution is -0.128. The first-order valence-corrected chi connectivity index (χ1v) is 7.16. The van der Waals surface area contributed by atoms with Gasteiger partial charge in [-0.3, -0.25) is 9.59 Å². The molecule has 0 aromatic heterocycles. The molecule has 0 heterocycles. The number of nitrogens with one attached hydrogen (secondary N) is 1. The maximum atomic E-state index is 12.0. The van der Waals surface area contributed by atoms with Gasteiger partial charge in [0.05, 0.1) is 0 Å². The SMILES string of the molecule is CC(=O)N(C)Cc1ccccc1NC(=O)CC(N)C(C)C. The van der Waals surface area contributed by atoms with Crippen molar-refractivity contribution >= 4 is 17.5 Å². The van der Waals surface area contributed by atoms with Crippen molar-refractivity contribution in [3.63, 3.8) is 0 Å². The number of carbonyl (C=O) groups is 2. The van der Waals surface area contributed by atoms with E-state index in [0.717, 1.165) is 11.3 Å². The minimum atomic E-state index is -0.156. The molecule has 0 bridgehead atoms. The van der Waals surface area contributed by atoms with Gasteiger partial charge in [0.2, 0.25) is 11.8 Å². The molecule has 1 aromatic carbocycles. The van der Waals surface area contributed by atoms with Crippen molar-refractivity contribution in [3.05, 3.63) is 29.8 Å². The summed E-state index contributed by atoms with van der Waals surface area (Å²) in [6.45, 7) is 5.96. The Labute approximate surface area is 126 Å². The molecule has 0 saturated heterocycles. The number of benzene rings is 1. The van der Waals surface area contributed by atoms with Gasteiger partial charge in [0, 0.05) is 38.7 Å². The second kappa shape index (κ2) is 7.78. The van der Waals surface area contributed by atoms with Gasteiger partial charge in [-0.25, -0.2) is 0 Å². The fourth-order valence-electron chi connectivity index (χ4n) is 1.80. The fraction of sp³-hybridized carbons (Fsp3) is 0.500. The molecule has 0 spiro atoms. The third-order valence-corrected chi connectivity index (χ3v) is 3.51. The topological polar surface area (TPSA) is 75.4 Å². The Balaban J connectivity index is 2.75. The van der Waals surface area contributed by atoms with Gasteiger partial charge in [0.15, 0.2) is 0 Å². The van der Waals surface area contributed by atoms with E-state index in [-0.39, 0.29) is 30.2 Å². The molecule has 0 saturated carbocycles. The lowest BCUT2D eigenvalue weighted by Gasteiger charge is -2.19. The minimum Gasteiger partial charge on any atom is -0.342 e.